The number of carbonyl (C=O) groups is 2. The van der Waals surface area contributed by atoms with E-state index in [2.05, 4.69) is 0 Å². The quantitative estimate of drug-likeness (QED) is 0.712. The van der Waals surface area contributed by atoms with Crippen LogP contribution in [-0.4, -0.2) is 66.6 Å². The molecule has 1 fully saturated rings. The number of aromatic hydroxyl groups is 1. The second-order valence-corrected chi connectivity index (χ2v) is 7.71. The van der Waals surface area contributed by atoms with Gasteiger partial charge in [-0.05, 0) is 19.1 Å². The molecular formula is C20H22O9. The third-order valence-corrected chi connectivity index (χ3v) is 5.88. The number of rotatable bonds is 3. The fourth-order valence-corrected chi connectivity index (χ4v) is 4.57. The number of hydrogen-bond acceptors (Lipinski definition) is 9. The summed E-state index contributed by atoms with van der Waals surface area (Å²) in [5, 5.41) is 21.6. The van der Waals surface area contributed by atoms with Gasteiger partial charge < -0.3 is 33.9 Å². The number of phenolic OH excluding ortho intramolecular Hbond substituents is 1. The molecule has 2 heterocycles. The smallest absolute Gasteiger partial charge is 0.366 e. The minimum Gasteiger partial charge on any atom is -0.507 e. The van der Waals surface area contributed by atoms with E-state index in [0.29, 0.717) is 16.9 Å². The number of methoxy groups -OCH3 is 3. The highest BCUT2D eigenvalue weighted by Gasteiger charge is 2.65. The van der Waals surface area contributed by atoms with E-state index in [-0.39, 0.29) is 24.2 Å². The lowest BCUT2D eigenvalue weighted by Crippen LogP contribution is -2.52. The van der Waals surface area contributed by atoms with Crippen molar-refractivity contribution < 1.29 is 43.5 Å². The molecule has 0 unspecified atom stereocenters. The summed E-state index contributed by atoms with van der Waals surface area (Å²) in [6.07, 6.45) is 0.433. The van der Waals surface area contributed by atoms with E-state index in [0.717, 1.165) is 0 Å². The van der Waals surface area contributed by atoms with Gasteiger partial charge in [0.2, 0.25) is 0 Å². The number of benzene rings is 1. The molecule has 0 radical (unpaired) electrons. The zero-order valence-corrected chi connectivity index (χ0v) is 16.5. The van der Waals surface area contributed by atoms with Gasteiger partial charge in [-0.1, -0.05) is 0 Å². The molecule has 2 aliphatic heterocycles. The van der Waals surface area contributed by atoms with Gasteiger partial charge in [-0.2, -0.15) is 0 Å². The van der Waals surface area contributed by atoms with Gasteiger partial charge in [-0.15, -0.1) is 0 Å². The Balaban J connectivity index is 1.87. The normalized spacial score (nSPS) is 35.0. The number of phenols is 1. The van der Waals surface area contributed by atoms with Gasteiger partial charge in [0.05, 0.1) is 14.2 Å². The SMILES string of the molecule is COC(=O)[C@]1(OC)C[C@]2(O)C[C@]3(C)OC(=O)c4c(O)cc(OC)cc4C3=C[C@@H]2O1. The summed E-state index contributed by atoms with van der Waals surface area (Å²) in [6.45, 7) is 1.66. The van der Waals surface area contributed by atoms with Crippen LogP contribution >= 0.6 is 0 Å². The average Bonchev–Trinajstić information content (AvgIpc) is 2.96. The zero-order valence-electron chi connectivity index (χ0n) is 16.5. The molecule has 156 valence electrons. The van der Waals surface area contributed by atoms with Gasteiger partial charge in [-0.25, -0.2) is 9.59 Å². The Hall–Kier alpha value is -2.62. The van der Waals surface area contributed by atoms with Crippen molar-refractivity contribution in [3.8, 4) is 11.5 Å². The van der Waals surface area contributed by atoms with Gasteiger partial charge in [-0.3, -0.25) is 0 Å². The molecule has 1 saturated heterocycles. The van der Waals surface area contributed by atoms with Crippen molar-refractivity contribution in [2.45, 2.75) is 42.9 Å². The molecule has 9 nitrogen and oxygen atoms in total. The Morgan fingerprint density at radius 1 is 1.24 bits per heavy atom. The van der Waals surface area contributed by atoms with Crippen LogP contribution in [0.25, 0.3) is 5.57 Å². The predicted molar refractivity (Wildman–Crippen MR) is 97.3 cm³/mol. The van der Waals surface area contributed by atoms with Crippen LogP contribution in [0.2, 0.25) is 0 Å². The molecular weight excluding hydrogens is 384 g/mol. The largest absolute Gasteiger partial charge is 0.507 e. The molecule has 3 aliphatic rings. The molecule has 4 atom stereocenters. The standard InChI is InChI=1S/C20H22O9/c1-18-8-19(24)9-20(27-4,17(23)26-3)28-14(19)7-12(18)11-5-10(25-2)6-13(21)15(11)16(22)29-18/h5-7,14,21,24H,8-9H2,1-4H3/t14-,18-,19+,20-/m0/s1. The minimum absolute atomic E-state index is 0.00364. The van der Waals surface area contributed by atoms with Crippen molar-refractivity contribution in [2.75, 3.05) is 21.3 Å². The molecule has 29 heavy (non-hydrogen) atoms. The number of carbonyl (C=O) groups excluding carboxylic acids is 2. The van der Waals surface area contributed by atoms with E-state index < -0.39 is 35.0 Å². The Labute approximate surface area is 166 Å². The number of hydrogen-bond donors (Lipinski definition) is 2. The zero-order chi connectivity index (χ0) is 21.2. The lowest BCUT2D eigenvalue weighted by Gasteiger charge is -2.45. The van der Waals surface area contributed by atoms with Gasteiger partial charge in [0.25, 0.3) is 5.79 Å². The second kappa shape index (κ2) is 6.19. The molecule has 1 aromatic rings. The van der Waals surface area contributed by atoms with Crippen LogP contribution in [0.3, 0.4) is 0 Å². The maximum atomic E-state index is 12.6. The van der Waals surface area contributed by atoms with Crippen LogP contribution in [0.5, 0.6) is 11.5 Å². The molecule has 0 bridgehead atoms. The van der Waals surface area contributed by atoms with Crippen LogP contribution in [0.15, 0.2) is 18.2 Å². The van der Waals surface area contributed by atoms with Crippen molar-refractivity contribution >= 4 is 17.5 Å². The monoisotopic (exact) mass is 406 g/mol. The first-order valence-corrected chi connectivity index (χ1v) is 9.02. The van der Waals surface area contributed by atoms with Gasteiger partial charge in [0.15, 0.2) is 0 Å². The van der Waals surface area contributed by atoms with Crippen molar-refractivity contribution in [3.05, 3.63) is 29.3 Å². The summed E-state index contributed by atoms with van der Waals surface area (Å²) in [5.74, 6) is -3.19. The molecule has 0 spiro atoms. The Morgan fingerprint density at radius 2 is 1.97 bits per heavy atom. The lowest BCUT2D eigenvalue weighted by atomic mass is 9.69. The first kappa shape index (κ1) is 19.7. The van der Waals surface area contributed by atoms with Crippen molar-refractivity contribution in [2.24, 2.45) is 0 Å². The summed E-state index contributed by atoms with van der Waals surface area (Å²) >= 11 is 0. The highest BCUT2D eigenvalue weighted by atomic mass is 16.7. The average molecular weight is 406 g/mol. The molecule has 0 amide bonds. The van der Waals surface area contributed by atoms with Crippen LogP contribution in [0.4, 0.5) is 0 Å². The van der Waals surface area contributed by atoms with Gasteiger partial charge in [0.1, 0.15) is 34.4 Å². The first-order valence-electron chi connectivity index (χ1n) is 9.02. The first-order chi connectivity index (χ1) is 13.6. The van der Waals surface area contributed by atoms with E-state index in [9.17, 15) is 19.8 Å². The molecule has 0 saturated carbocycles. The van der Waals surface area contributed by atoms with Crippen molar-refractivity contribution in [1.29, 1.82) is 0 Å². The summed E-state index contributed by atoms with van der Waals surface area (Å²) in [4.78, 5) is 24.9. The Bertz CT molecular complexity index is 938. The van der Waals surface area contributed by atoms with Crippen LogP contribution in [0.1, 0.15) is 35.7 Å². The number of esters is 2. The molecule has 2 N–H and O–H groups in total. The highest BCUT2D eigenvalue weighted by Crippen LogP contribution is 2.55. The molecule has 1 aromatic carbocycles. The highest BCUT2D eigenvalue weighted by molar-refractivity contribution is 6.03. The maximum Gasteiger partial charge on any atom is 0.366 e. The fraction of sp³-hybridized carbons (Fsp3) is 0.500. The third kappa shape index (κ3) is 2.65. The maximum absolute atomic E-state index is 12.6. The van der Waals surface area contributed by atoms with Crippen LogP contribution in [0, 0.1) is 0 Å². The summed E-state index contributed by atoms with van der Waals surface area (Å²) in [7, 11) is 3.93. The predicted octanol–water partition coefficient (Wildman–Crippen LogP) is 1.15. The van der Waals surface area contributed by atoms with E-state index in [1.165, 1.54) is 27.4 Å². The van der Waals surface area contributed by atoms with Crippen molar-refractivity contribution in [1.82, 2.24) is 0 Å². The topological polar surface area (TPSA) is 121 Å². The lowest BCUT2D eigenvalue weighted by molar-refractivity contribution is -0.226. The van der Waals surface area contributed by atoms with E-state index in [1.807, 2.05) is 0 Å². The Morgan fingerprint density at radius 3 is 2.59 bits per heavy atom. The van der Waals surface area contributed by atoms with Crippen molar-refractivity contribution in [3.63, 3.8) is 0 Å². The number of ether oxygens (including phenoxy) is 5. The number of aliphatic hydroxyl groups is 1. The molecule has 0 aromatic heterocycles. The van der Waals surface area contributed by atoms with E-state index in [4.69, 9.17) is 23.7 Å². The fourth-order valence-electron chi connectivity index (χ4n) is 4.57. The minimum atomic E-state index is -1.78. The molecule has 1 aliphatic carbocycles. The Kier molecular flexibility index (Phi) is 4.20. The van der Waals surface area contributed by atoms with Crippen LogP contribution < -0.4 is 4.74 Å². The van der Waals surface area contributed by atoms with Gasteiger partial charge in [0, 0.05) is 37.2 Å². The van der Waals surface area contributed by atoms with Gasteiger partial charge >= 0.3 is 11.9 Å². The number of fused-ring (bicyclic) bond motifs is 4. The summed E-state index contributed by atoms with van der Waals surface area (Å²) in [5.41, 5.74) is -1.80. The van der Waals surface area contributed by atoms with E-state index >= 15 is 0 Å². The summed E-state index contributed by atoms with van der Waals surface area (Å²) in [6, 6.07) is 2.94. The van der Waals surface area contributed by atoms with Crippen LogP contribution in [-0.2, 0) is 23.7 Å². The summed E-state index contributed by atoms with van der Waals surface area (Å²) < 4.78 is 26.7. The second-order valence-electron chi connectivity index (χ2n) is 7.71. The third-order valence-electron chi connectivity index (χ3n) is 5.88. The van der Waals surface area contributed by atoms with E-state index in [1.54, 1.807) is 19.1 Å². The molecule has 9 heteroatoms. The molecule has 4 rings (SSSR count).